The average molecular weight is 350 g/mol. The number of sulfonamides is 1. The largest absolute Gasteiger partial charge is 0.384 e. The van der Waals surface area contributed by atoms with Crippen molar-refractivity contribution in [3.8, 4) is 0 Å². The minimum atomic E-state index is -3.39. The van der Waals surface area contributed by atoms with Crippen LogP contribution in [0.3, 0.4) is 0 Å². The molecule has 0 bridgehead atoms. The SMILES string of the molecule is COC[C@@H]1CN(S(=O)(=O)Cc2ccccc2)C[C@H]1c1n[nH]c(C)n1. The van der Waals surface area contributed by atoms with E-state index in [2.05, 4.69) is 15.2 Å². The molecule has 1 aliphatic rings. The van der Waals surface area contributed by atoms with Gasteiger partial charge in [-0.3, -0.25) is 5.10 Å². The molecule has 0 saturated carbocycles. The van der Waals surface area contributed by atoms with Gasteiger partial charge in [0.25, 0.3) is 0 Å². The number of hydrogen-bond acceptors (Lipinski definition) is 5. The fourth-order valence-corrected chi connectivity index (χ4v) is 4.74. The zero-order chi connectivity index (χ0) is 17.2. The molecule has 1 N–H and O–H groups in total. The van der Waals surface area contributed by atoms with Crippen molar-refractivity contribution in [1.82, 2.24) is 19.5 Å². The lowest BCUT2D eigenvalue weighted by molar-refractivity contribution is 0.150. The summed E-state index contributed by atoms with van der Waals surface area (Å²) in [6.07, 6.45) is 0. The highest BCUT2D eigenvalue weighted by Gasteiger charge is 2.41. The Morgan fingerprint density at radius 1 is 1.29 bits per heavy atom. The van der Waals surface area contributed by atoms with Crippen LogP contribution in [0.5, 0.6) is 0 Å². The number of nitrogens with one attached hydrogen (secondary N) is 1. The topological polar surface area (TPSA) is 88.2 Å². The highest BCUT2D eigenvalue weighted by Crippen LogP contribution is 2.33. The summed E-state index contributed by atoms with van der Waals surface area (Å²) >= 11 is 0. The summed E-state index contributed by atoms with van der Waals surface area (Å²) in [6, 6.07) is 9.23. The van der Waals surface area contributed by atoms with Gasteiger partial charge in [-0.1, -0.05) is 30.3 Å². The lowest BCUT2D eigenvalue weighted by atomic mass is 9.96. The van der Waals surface area contributed by atoms with Crippen molar-refractivity contribution >= 4 is 10.0 Å². The second kappa shape index (κ2) is 7.00. The molecule has 0 spiro atoms. The molecule has 1 aromatic carbocycles. The van der Waals surface area contributed by atoms with E-state index in [1.54, 1.807) is 11.4 Å². The summed E-state index contributed by atoms with van der Waals surface area (Å²) in [5.41, 5.74) is 0.790. The minimum Gasteiger partial charge on any atom is -0.384 e. The van der Waals surface area contributed by atoms with Crippen LogP contribution in [0.15, 0.2) is 30.3 Å². The van der Waals surface area contributed by atoms with Gasteiger partial charge in [0.05, 0.1) is 12.4 Å². The Morgan fingerprint density at radius 3 is 2.67 bits per heavy atom. The van der Waals surface area contributed by atoms with Gasteiger partial charge < -0.3 is 4.74 Å². The van der Waals surface area contributed by atoms with Gasteiger partial charge in [0.1, 0.15) is 5.82 Å². The first kappa shape index (κ1) is 17.1. The molecular weight excluding hydrogens is 328 g/mol. The van der Waals surface area contributed by atoms with E-state index in [1.165, 1.54) is 0 Å². The van der Waals surface area contributed by atoms with Crippen LogP contribution in [0.25, 0.3) is 0 Å². The van der Waals surface area contributed by atoms with Crippen molar-refractivity contribution in [3.63, 3.8) is 0 Å². The van der Waals surface area contributed by atoms with Gasteiger partial charge in [0, 0.05) is 32.0 Å². The van der Waals surface area contributed by atoms with Crippen LogP contribution >= 0.6 is 0 Å². The van der Waals surface area contributed by atoms with E-state index in [-0.39, 0.29) is 17.6 Å². The maximum Gasteiger partial charge on any atom is 0.218 e. The number of methoxy groups -OCH3 is 1. The predicted octanol–water partition coefficient (Wildman–Crippen LogP) is 1.30. The Kier molecular flexibility index (Phi) is 4.98. The van der Waals surface area contributed by atoms with Crippen LogP contribution in [-0.2, 0) is 20.5 Å². The van der Waals surface area contributed by atoms with Crippen molar-refractivity contribution in [3.05, 3.63) is 47.5 Å². The maximum absolute atomic E-state index is 12.8. The van der Waals surface area contributed by atoms with Crippen LogP contribution in [-0.4, -0.2) is 54.7 Å². The Hall–Kier alpha value is -1.77. The molecule has 1 aromatic heterocycles. The number of aromatic amines is 1. The zero-order valence-electron chi connectivity index (χ0n) is 13.8. The first-order valence-electron chi connectivity index (χ1n) is 7.89. The Bertz CT molecular complexity index is 776. The van der Waals surface area contributed by atoms with Gasteiger partial charge in [-0.05, 0) is 12.5 Å². The first-order chi connectivity index (χ1) is 11.5. The normalized spacial score (nSPS) is 22.1. The van der Waals surface area contributed by atoms with Gasteiger partial charge in [0.15, 0.2) is 5.82 Å². The number of aryl methyl sites for hydroxylation is 1. The molecule has 0 amide bonds. The van der Waals surface area contributed by atoms with E-state index in [4.69, 9.17) is 4.74 Å². The standard InChI is InChI=1S/C16H22N4O3S/c1-12-17-16(19-18-12)15-9-20(8-14(15)10-23-2)24(21,22)11-13-6-4-3-5-7-13/h3-7,14-15H,8-11H2,1-2H3,(H,17,18,19)/t14-,15+/m0/s1. The highest BCUT2D eigenvalue weighted by molar-refractivity contribution is 7.88. The molecule has 8 heteroatoms. The van der Waals surface area contributed by atoms with E-state index in [0.717, 1.165) is 11.4 Å². The van der Waals surface area contributed by atoms with Crippen molar-refractivity contribution in [2.24, 2.45) is 5.92 Å². The third-order valence-electron chi connectivity index (χ3n) is 4.32. The number of aromatic nitrogens is 3. The third-order valence-corrected chi connectivity index (χ3v) is 6.10. The fraction of sp³-hybridized carbons (Fsp3) is 0.500. The molecule has 0 aliphatic carbocycles. The van der Waals surface area contributed by atoms with Crippen LogP contribution in [0.2, 0.25) is 0 Å². The van der Waals surface area contributed by atoms with E-state index in [9.17, 15) is 8.42 Å². The van der Waals surface area contributed by atoms with E-state index < -0.39 is 10.0 Å². The lowest BCUT2D eigenvalue weighted by Gasteiger charge is -2.16. The Balaban J connectivity index is 1.79. The van der Waals surface area contributed by atoms with Gasteiger partial charge in [-0.15, -0.1) is 0 Å². The van der Waals surface area contributed by atoms with Gasteiger partial charge >= 0.3 is 0 Å². The summed E-state index contributed by atoms with van der Waals surface area (Å²) in [5, 5.41) is 7.05. The quantitative estimate of drug-likeness (QED) is 0.848. The molecule has 24 heavy (non-hydrogen) atoms. The molecule has 2 aromatic rings. The smallest absolute Gasteiger partial charge is 0.218 e. The Labute approximate surface area is 142 Å². The average Bonchev–Trinajstić information content (AvgIpc) is 3.15. The number of ether oxygens (including phenoxy) is 1. The molecule has 3 rings (SSSR count). The predicted molar refractivity (Wildman–Crippen MR) is 89.9 cm³/mol. The third kappa shape index (κ3) is 3.66. The molecule has 130 valence electrons. The van der Waals surface area contributed by atoms with E-state index in [0.29, 0.717) is 25.5 Å². The second-order valence-corrected chi connectivity index (χ2v) is 8.13. The van der Waals surface area contributed by atoms with Gasteiger partial charge in [0.2, 0.25) is 10.0 Å². The van der Waals surface area contributed by atoms with Crippen molar-refractivity contribution in [2.45, 2.75) is 18.6 Å². The van der Waals surface area contributed by atoms with Crippen molar-refractivity contribution < 1.29 is 13.2 Å². The van der Waals surface area contributed by atoms with E-state index in [1.807, 2.05) is 37.3 Å². The molecule has 2 atom stereocenters. The summed E-state index contributed by atoms with van der Waals surface area (Å²) in [4.78, 5) is 4.38. The molecule has 0 unspecified atom stereocenters. The summed E-state index contributed by atoms with van der Waals surface area (Å²) in [7, 11) is -1.76. The highest BCUT2D eigenvalue weighted by atomic mass is 32.2. The molecule has 1 saturated heterocycles. The van der Waals surface area contributed by atoms with Crippen LogP contribution in [0.4, 0.5) is 0 Å². The number of hydrogen-bond donors (Lipinski definition) is 1. The minimum absolute atomic E-state index is 0.00723. The van der Waals surface area contributed by atoms with Gasteiger partial charge in [-0.2, -0.15) is 5.10 Å². The van der Waals surface area contributed by atoms with E-state index >= 15 is 0 Å². The number of benzene rings is 1. The number of rotatable bonds is 6. The fourth-order valence-electron chi connectivity index (χ4n) is 3.14. The zero-order valence-corrected chi connectivity index (χ0v) is 14.7. The molecular formula is C16H22N4O3S. The molecule has 7 nitrogen and oxygen atoms in total. The summed E-state index contributed by atoms with van der Waals surface area (Å²) in [5.74, 6) is 1.39. The van der Waals surface area contributed by atoms with Crippen molar-refractivity contribution in [1.29, 1.82) is 0 Å². The molecule has 0 radical (unpaired) electrons. The number of nitrogens with zero attached hydrogens (tertiary/aromatic N) is 3. The summed E-state index contributed by atoms with van der Waals surface area (Å²) in [6.45, 7) is 3.14. The first-order valence-corrected chi connectivity index (χ1v) is 9.50. The molecule has 1 aliphatic heterocycles. The maximum atomic E-state index is 12.8. The summed E-state index contributed by atoms with van der Waals surface area (Å²) < 4.78 is 32.4. The monoisotopic (exact) mass is 350 g/mol. The molecule has 1 fully saturated rings. The lowest BCUT2D eigenvalue weighted by Crippen LogP contribution is -2.30. The van der Waals surface area contributed by atoms with Crippen LogP contribution in [0, 0.1) is 12.8 Å². The van der Waals surface area contributed by atoms with Crippen LogP contribution < -0.4 is 0 Å². The van der Waals surface area contributed by atoms with Crippen molar-refractivity contribution in [2.75, 3.05) is 26.8 Å². The van der Waals surface area contributed by atoms with Crippen LogP contribution in [0.1, 0.15) is 23.1 Å². The Morgan fingerprint density at radius 2 is 2.04 bits per heavy atom. The second-order valence-electron chi connectivity index (χ2n) is 6.16. The molecule has 2 heterocycles. The van der Waals surface area contributed by atoms with Gasteiger partial charge in [-0.25, -0.2) is 17.7 Å². The number of H-pyrrole nitrogens is 1.